The molecule has 0 fully saturated rings. The predicted octanol–water partition coefficient (Wildman–Crippen LogP) is 3.30. The number of rotatable bonds is 7. The molecule has 2 aromatic carbocycles. The van der Waals surface area contributed by atoms with Crippen molar-refractivity contribution in [2.45, 2.75) is 25.9 Å². The van der Waals surface area contributed by atoms with Gasteiger partial charge in [0.25, 0.3) is 5.69 Å². The zero-order valence-electron chi connectivity index (χ0n) is 14.8. The summed E-state index contributed by atoms with van der Waals surface area (Å²) in [5, 5.41) is 24.4. The summed E-state index contributed by atoms with van der Waals surface area (Å²) in [7, 11) is 0. The molecule has 0 aliphatic rings. The Bertz CT molecular complexity index is 962. The predicted molar refractivity (Wildman–Crippen MR) is 100 cm³/mol. The zero-order valence-corrected chi connectivity index (χ0v) is 14.8. The van der Waals surface area contributed by atoms with E-state index in [2.05, 4.69) is 12.2 Å². The van der Waals surface area contributed by atoms with Crippen LogP contribution in [0, 0.1) is 10.1 Å². The number of nitro benzene ring substituents is 1. The van der Waals surface area contributed by atoms with Crippen LogP contribution >= 0.6 is 0 Å². The Hall–Kier alpha value is -3.19. The van der Waals surface area contributed by atoms with E-state index in [1.165, 1.54) is 29.8 Å². The largest absolute Gasteiger partial charge is 0.464 e. The number of nitrogens with one attached hydrogen (secondary N) is 1. The highest BCUT2D eigenvalue weighted by Crippen LogP contribution is 2.23. The summed E-state index contributed by atoms with van der Waals surface area (Å²) in [4.78, 5) is 22.4. The first-order chi connectivity index (χ1) is 13.0. The summed E-state index contributed by atoms with van der Waals surface area (Å²) in [6, 6.07) is 11.5. The van der Waals surface area contributed by atoms with Crippen LogP contribution in [-0.4, -0.2) is 22.5 Å². The Labute approximate surface area is 155 Å². The van der Waals surface area contributed by atoms with E-state index in [0.717, 1.165) is 23.0 Å². The van der Waals surface area contributed by atoms with Gasteiger partial charge in [0.05, 0.1) is 23.7 Å². The Balaban J connectivity index is 1.58. The van der Waals surface area contributed by atoms with Crippen molar-refractivity contribution in [1.29, 1.82) is 0 Å². The fourth-order valence-electron chi connectivity index (χ4n) is 2.87. The standard InChI is InChI=1S/C20H20N2O5/c1-2-13-3-8-17-15(12-27-19(17)9-13)10-20(24)21-11-18(23)14-4-6-16(7-5-14)22(25)26/h3-9,12,18,23H,2,10-11H2,1H3,(H,21,24). The number of carbonyl (C=O) groups excluding carboxylic acids is 1. The summed E-state index contributed by atoms with van der Waals surface area (Å²) < 4.78 is 5.53. The van der Waals surface area contributed by atoms with Gasteiger partial charge < -0.3 is 14.8 Å². The SMILES string of the molecule is CCc1ccc2c(CC(=O)NCC(O)c3ccc([N+](=O)[O-])cc3)coc2c1. The summed E-state index contributed by atoms with van der Waals surface area (Å²) in [6.45, 7) is 2.08. The highest BCUT2D eigenvalue weighted by atomic mass is 16.6. The average Bonchev–Trinajstić information content (AvgIpc) is 3.08. The molecule has 27 heavy (non-hydrogen) atoms. The van der Waals surface area contributed by atoms with Gasteiger partial charge in [-0.25, -0.2) is 0 Å². The smallest absolute Gasteiger partial charge is 0.269 e. The molecule has 0 radical (unpaired) electrons. The van der Waals surface area contributed by atoms with Crippen LogP contribution in [0.4, 0.5) is 5.69 Å². The van der Waals surface area contributed by atoms with E-state index in [1.54, 1.807) is 6.26 Å². The molecular formula is C20H20N2O5. The molecular weight excluding hydrogens is 348 g/mol. The maximum Gasteiger partial charge on any atom is 0.269 e. The topological polar surface area (TPSA) is 106 Å². The van der Waals surface area contributed by atoms with E-state index in [0.29, 0.717) is 5.56 Å². The van der Waals surface area contributed by atoms with Gasteiger partial charge in [-0.1, -0.05) is 19.1 Å². The van der Waals surface area contributed by atoms with Crippen LogP contribution in [0.15, 0.2) is 53.1 Å². The second-order valence-electron chi connectivity index (χ2n) is 6.29. The molecule has 0 aliphatic heterocycles. The van der Waals surface area contributed by atoms with E-state index >= 15 is 0 Å². The molecule has 1 unspecified atom stereocenters. The number of hydrogen-bond donors (Lipinski definition) is 2. The van der Waals surface area contributed by atoms with Crippen LogP contribution in [-0.2, 0) is 17.6 Å². The number of nitrogens with zero attached hydrogens (tertiary/aromatic N) is 1. The minimum atomic E-state index is -0.942. The molecule has 1 aromatic heterocycles. The fraction of sp³-hybridized carbons (Fsp3) is 0.250. The third kappa shape index (κ3) is 4.32. The van der Waals surface area contributed by atoms with E-state index in [9.17, 15) is 20.0 Å². The van der Waals surface area contributed by atoms with Gasteiger partial charge in [0.1, 0.15) is 5.58 Å². The molecule has 1 amide bonds. The Morgan fingerprint density at radius 3 is 2.67 bits per heavy atom. The fourth-order valence-corrected chi connectivity index (χ4v) is 2.87. The molecule has 0 bridgehead atoms. The second-order valence-corrected chi connectivity index (χ2v) is 6.29. The van der Waals surface area contributed by atoms with Crippen molar-refractivity contribution in [3.63, 3.8) is 0 Å². The zero-order chi connectivity index (χ0) is 19.4. The van der Waals surface area contributed by atoms with Crippen molar-refractivity contribution in [2.75, 3.05) is 6.54 Å². The van der Waals surface area contributed by atoms with Crippen LogP contribution in [0.1, 0.15) is 29.7 Å². The lowest BCUT2D eigenvalue weighted by Crippen LogP contribution is -2.29. The lowest BCUT2D eigenvalue weighted by Gasteiger charge is -2.12. The first kappa shape index (κ1) is 18.6. The van der Waals surface area contributed by atoms with Gasteiger partial charge in [-0.15, -0.1) is 0 Å². The molecule has 0 saturated heterocycles. The number of nitro groups is 1. The maximum atomic E-state index is 12.2. The van der Waals surface area contributed by atoms with Gasteiger partial charge in [0, 0.05) is 29.6 Å². The minimum Gasteiger partial charge on any atom is -0.464 e. The highest BCUT2D eigenvalue weighted by molar-refractivity contribution is 5.87. The molecule has 0 saturated carbocycles. The van der Waals surface area contributed by atoms with Gasteiger partial charge in [-0.3, -0.25) is 14.9 Å². The number of furan rings is 1. The molecule has 7 nitrogen and oxygen atoms in total. The van der Waals surface area contributed by atoms with Crippen LogP contribution in [0.2, 0.25) is 0 Å². The number of carbonyl (C=O) groups is 1. The number of hydrogen-bond acceptors (Lipinski definition) is 5. The number of aryl methyl sites for hydroxylation is 1. The summed E-state index contributed by atoms with van der Waals surface area (Å²) in [5.74, 6) is -0.238. The van der Waals surface area contributed by atoms with Crippen molar-refractivity contribution in [1.82, 2.24) is 5.32 Å². The van der Waals surface area contributed by atoms with Crippen LogP contribution in [0.25, 0.3) is 11.0 Å². The Morgan fingerprint density at radius 1 is 1.26 bits per heavy atom. The molecule has 140 valence electrons. The number of amides is 1. The number of non-ortho nitro benzene ring substituents is 1. The third-order valence-electron chi connectivity index (χ3n) is 4.46. The van der Waals surface area contributed by atoms with E-state index in [1.807, 2.05) is 18.2 Å². The first-order valence-corrected chi connectivity index (χ1v) is 8.66. The number of fused-ring (bicyclic) bond motifs is 1. The molecule has 1 atom stereocenters. The van der Waals surface area contributed by atoms with Gasteiger partial charge in [0.2, 0.25) is 5.91 Å². The molecule has 7 heteroatoms. The van der Waals surface area contributed by atoms with E-state index < -0.39 is 11.0 Å². The number of benzene rings is 2. The third-order valence-corrected chi connectivity index (χ3v) is 4.46. The number of aliphatic hydroxyl groups is 1. The summed E-state index contributed by atoms with van der Waals surface area (Å²) in [6.07, 6.45) is 1.69. The molecule has 1 heterocycles. The normalized spacial score (nSPS) is 12.1. The summed E-state index contributed by atoms with van der Waals surface area (Å²) in [5.41, 5.74) is 3.16. The molecule has 2 N–H and O–H groups in total. The van der Waals surface area contributed by atoms with Gasteiger partial charge in [0.15, 0.2) is 0 Å². The Kier molecular flexibility index (Phi) is 5.52. The molecule has 3 aromatic rings. The lowest BCUT2D eigenvalue weighted by atomic mass is 10.1. The van der Waals surface area contributed by atoms with Crippen molar-refractivity contribution in [3.05, 3.63) is 75.5 Å². The van der Waals surface area contributed by atoms with Gasteiger partial charge in [-0.2, -0.15) is 0 Å². The van der Waals surface area contributed by atoms with Crippen molar-refractivity contribution < 1.29 is 19.2 Å². The molecule has 3 rings (SSSR count). The molecule has 0 spiro atoms. The van der Waals surface area contributed by atoms with Crippen molar-refractivity contribution in [3.8, 4) is 0 Å². The molecule has 0 aliphatic carbocycles. The van der Waals surface area contributed by atoms with Crippen molar-refractivity contribution >= 4 is 22.6 Å². The van der Waals surface area contributed by atoms with Crippen LogP contribution in [0.5, 0.6) is 0 Å². The quantitative estimate of drug-likeness (QED) is 0.492. The Morgan fingerprint density at radius 2 is 2.00 bits per heavy atom. The second kappa shape index (κ2) is 8.01. The maximum absolute atomic E-state index is 12.2. The minimum absolute atomic E-state index is 0.0202. The monoisotopic (exact) mass is 368 g/mol. The van der Waals surface area contributed by atoms with E-state index in [4.69, 9.17) is 4.42 Å². The average molecular weight is 368 g/mol. The van der Waals surface area contributed by atoms with Gasteiger partial charge in [-0.05, 0) is 35.7 Å². The number of aliphatic hydroxyl groups excluding tert-OH is 1. The van der Waals surface area contributed by atoms with Crippen LogP contribution < -0.4 is 5.32 Å². The first-order valence-electron chi connectivity index (χ1n) is 8.66. The van der Waals surface area contributed by atoms with Crippen molar-refractivity contribution in [2.24, 2.45) is 0 Å². The summed E-state index contributed by atoms with van der Waals surface area (Å²) >= 11 is 0. The van der Waals surface area contributed by atoms with E-state index in [-0.39, 0.29) is 24.6 Å². The lowest BCUT2D eigenvalue weighted by molar-refractivity contribution is -0.384. The van der Waals surface area contributed by atoms with Gasteiger partial charge >= 0.3 is 0 Å². The van der Waals surface area contributed by atoms with Crippen LogP contribution in [0.3, 0.4) is 0 Å². The highest BCUT2D eigenvalue weighted by Gasteiger charge is 2.14.